The maximum absolute atomic E-state index is 9.34. The molecule has 0 spiro atoms. The van der Waals surface area contributed by atoms with Crippen LogP contribution in [0.15, 0.2) is 0 Å². The van der Waals surface area contributed by atoms with Crippen LogP contribution in [0.1, 0.15) is 37.8 Å². The number of hydrogen-bond acceptors (Lipinski definition) is 1. The predicted molar refractivity (Wildman–Crippen MR) is 77.1 cm³/mol. The fraction of sp³-hybridized carbons (Fsp3) is 0.700. The molecule has 1 aromatic rings. The summed E-state index contributed by atoms with van der Waals surface area (Å²) in [6, 6.07) is 0. The van der Waals surface area contributed by atoms with Crippen LogP contribution >= 0.6 is 34.2 Å². The number of aliphatic hydroxyl groups is 1. The third-order valence-electron chi connectivity index (χ3n) is 2.46. The molecule has 0 bridgehead atoms. The fourth-order valence-corrected chi connectivity index (χ4v) is 12.4. The van der Waals surface area contributed by atoms with Crippen molar-refractivity contribution in [2.45, 2.75) is 45.3 Å². The van der Waals surface area contributed by atoms with Gasteiger partial charge in [-0.15, -0.1) is 0 Å². The number of hydrogen-bond donors (Lipinski definition) is 1. The molecule has 5 heteroatoms. The van der Waals surface area contributed by atoms with Gasteiger partial charge in [0, 0.05) is 0 Å². The van der Waals surface area contributed by atoms with E-state index in [9.17, 15) is 5.11 Å². The van der Waals surface area contributed by atoms with Gasteiger partial charge in [0.15, 0.2) is 0 Å². The molecule has 0 saturated heterocycles. The molecule has 86 valence electrons. The molecule has 0 radical (unpaired) electrons. The van der Waals surface area contributed by atoms with E-state index in [4.69, 9.17) is 11.6 Å². The van der Waals surface area contributed by atoms with Crippen LogP contribution < -0.4 is 0 Å². The van der Waals surface area contributed by atoms with Crippen LogP contribution in [0.25, 0.3) is 0 Å². The van der Waals surface area contributed by atoms with E-state index in [1.807, 2.05) is 0 Å². The van der Waals surface area contributed by atoms with Crippen LogP contribution in [0, 0.1) is 2.44 Å². The first-order valence-electron chi connectivity index (χ1n) is 5.27. The van der Waals surface area contributed by atoms with Crippen LogP contribution in [0.2, 0.25) is 3.51 Å². The van der Waals surface area contributed by atoms with Crippen LogP contribution in [0.3, 0.4) is 0 Å². The molecule has 15 heavy (non-hydrogen) atoms. The fourth-order valence-electron chi connectivity index (χ4n) is 1.57. The normalized spacial score (nSPS) is 10.9. The molecule has 0 atom stereocenters. The molecule has 0 aromatic carbocycles. The number of halogens is 2. The Morgan fingerprint density at radius 2 is 2.13 bits per heavy atom. The molecule has 1 rings (SSSR count). The van der Waals surface area contributed by atoms with Gasteiger partial charge in [-0.05, 0) is 0 Å². The summed E-state index contributed by atoms with van der Waals surface area (Å²) in [6.07, 6.45) is 6.66. The van der Waals surface area contributed by atoms with Gasteiger partial charge in [-0.25, -0.2) is 0 Å². The summed E-state index contributed by atoms with van der Waals surface area (Å²) in [5.41, 5.74) is 0. The zero-order valence-corrected chi connectivity index (χ0v) is 14.5. The minimum atomic E-state index is -0.866. The Bertz CT molecular complexity index is 317. The van der Waals surface area contributed by atoms with E-state index >= 15 is 0 Å². The first kappa shape index (κ1) is 14.4. The van der Waals surface area contributed by atoms with E-state index in [1.54, 1.807) is 0 Å². The summed E-state index contributed by atoms with van der Waals surface area (Å²) < 4.78 is 2.55. The summed E-state index contributed by atoms with van der Waals surface area (Å²) in [6.45, 7) is 2.23. The average molecular weight is 422 g/mol. The van der Waals surface area contributed by atoms with E-state index < -0.39 is 8.40 Å². The Morgan fingerprint density at radius 3 is 2.73 bits per heavy atom. The minimum absolute atomic E-state index is 0.293. The Labute approximate surface area is 118 Å². The Balaban J connectivity index is 2.59. The molecule has 0 amide bonds. The summed E-state index contributed by atoms with van der Waals surface area (Å²) in [5, 5.41) is 10.9. The summed E-state index contributed by atoms with van der Waals surface area (Å²) >= 11 is 8.98. The van der Waals surface area contributed by atoms with Gasteiger partial charge in [-0.3, -0.25) is 0 Å². The standard InChI is InChI=1S/C10H16ClIOSeSi/c1-2-3-4-5-6-8-9(12)14-10(11)15(8)7-13/h13H,2-7H2,1H3. The predicted octanol–water partition coefficient (Wildman–Crippen LogP) is 3.10. The van der Waals surface area contributed by atoms with Crippen molar-refractivity contribution in [2.75, 3.05) is 0 Å². The first-order chi connectivity index (χ1) is 7.20. The van der Waals surface area contributed by atoms with Crippen LogP contribution in [-0.2, 0) is 12.7 Å². The summed E-state index contributed by atoms with van der Waals surface area (Å²) in [5.74, 6) is 0. The van der Waals surface area contributed by atoms with Gasteiger partial charge in [0.05, 0.1) is 0 Å². The number of unbranched alkanes of at least 4 members (excludes halogenated alkanes) is 3. The number of aliphatic hydroxyl groups excluding tert-OH is 1. The van der Waals surface area contributed by atoms with Crippen LogP contribution in [0.5, 0.6) is 0 Å². The molecular weight excluding hydrogens is 406 g/mol. The van der Waals surface area contributed by atoms with Crippen molar-refractivity contribution in [1.29, 1.82) is 0 Å². The quantitative estimate of drug-likeness (QED) is 0.425. The Hall–Kier alpha value is 1.33. The van der Waals surface area contributed by atoms with E-state index in [-0.39, 0.29) is 0 Å². The van der Waals surface area contributed by atoms with Gasteiger partial charge in [-0.1, -0.05) is 0 Å². The van der Waals surface area contributed by atoms with E-state index in [2.05, 4.69) is 29.5 Å². The van der Waals surface area contributed by atoms with Crippen molar-refractivity contribution in [1.82, 2.24) is 0 Å². The van der Waals surface area contributed by atoms with Gasteiger partial charge < -0.3 is 0 Å². The van der Waals surface area contributed by atoms with Crippen molar-refractivity contribution in [3.8, 4) is 0 Å². The van der Waals surface area contributed by atoms with E-state index in [0.717, 1.165) is 3.51 Å². The van der Waals surface area contributed by atoms with Crippen molar-refractivity contribution >= 4 is 57.1 Å². The van der Waals surface area contributed by atoms with Crippen molar-refractivity contribution in [2.24, 2.45) is 0 Å². The van der Waals surface area contributed by atoms with Crippen molar-refractivity contribution in [3.05, 3.63) is 11.1 Å². The summed E-state index contributed by atoms with van der Waals surface area (Å²) in [4.78, 5) is 0. The molecule has 0 aliphatic rings. The zero-order valence-electron chi connectivity index (χ0n) is 8.85. The van der Waals surface area contributed by atoms with Crippen LogP contribution in [0.4, 0.5) is 0 Å². The molecule has 1 aromatic heterocycles. The van der Waals surface area contributed by atoms with Crippen molar-refractivity contribution in [3.63, 3.8) is 0 Å². The maximum atomic E-state index is 9.34. The molecule has 1 heterocycles. The van der Waals surface area contributed by atoms with E-state index in [0.29, 0.717) is 20.7 Å². The topological polar surface area (TPSA) is 20.2 Å². The molecule has 0 fully saturated rings. The Kier molecular flexibility index (Phi) is 7.30. The van der Waals surface area contributed by atoms with Gasteiger partial charge >= 0.3 is 119 Å². The third kappa shape index (κ3) is 4.24. The summed E-state index contributed by atoms with van der Waals surface area (Å²) in [7, 11) is -0.866. The van der Waals surface area contributed by atoms with E-state index in [1.165, 1.54) is 39.7 Å². The molecule has 1 N–H and O–H groups in total. The van der Waals surface area contributed by atoms with Gasteiger partial charge in [0.25, 0.3) is 0 Å². The second kappa shape index (κ2) is 7.61. The molecule has 0 aliphatic heterocycles. The molecule has 0 aliphatic carbocycles. The molecule has 0 saturated carbocycles. The molecule has 1 nitrogen and oxygen atoms in total. The second-order valence-corrected chi connectivity index (χ2v) is 12.8. The van der Waals surface area contributed by atoms with Gasteiger partial charge in [0.1, 0.15) is 0 Å². The zero-order chi connectivity index (χ0) is 11.3. The third-order valence-corrected chi connectivity index (χ3v) is 11.6. The Morgan fingerprint density at radius 1 is 1.40 bits per heavy atom. The van der Waals surface area contributed by atoms with Crippen LogP contribution in [-0.4, -0.2) is 28.0 Å². The monoisotopic (exact) mass is 422 g/mol. The van der Waals surface area contributed by atoms with Crippen molar-refractivity contribution < 1.29 is 5.11 Å². The molecular formula is C10H16ClIOSeSi. The molecule has 0 unspecified atom stereocenters. The average Bonchev–Trinajstić information content (AvgIpc) is 2.48. The van der Waals surface area contributed by atoms with Gasteiger partial charge in [0.2, 0.25) is 0 Å². The second-order valence-electron chi connectivity index (χ2n) is 3.58. The van der Waals surface area contributed by atoms with Gasteiger partial charge in [-0.2, -0.15) is 0 Å². The first-order valence-corrected chi connectivity index (χ1v) is 10.1. The number of rotatable bonds is 6. The SMILES string of the molecule is CCCCCCc1c(I)[se]c(Cl)[si]1CO.